The molecule has 0 bridgehead atoms. The van der Waals surface area contributed by atoms with Crippen LogP contribution >= 0.6 is 0 Å². The molecule has 4 aromatic carbocycles. The Bertz CT molecular complexity index is 1590. The number of nitrogens with zero attached hydrogens (tertiary/aromatic N) is 3. The molecule has 10 nitrogen and oxygen atoms in total. The van der Waals surface area contributed by atoms with Crippen LogP contribution in [0.5, 0.6) is 5.75 Å². The monoisotopic (exact) mass is 479 g/mol. The molecule has 10 heteroatoms. The Labute approximate surface area is 204 Å². The molecule has 36 heavy (non-hydrogen) atoms. The average molecular weight is 479 g/mol. The van der Waals surface area contributed by atoms with E-state index in [1.54, 1.807) is 48.5 Å². The first-order chi connectivity index (χ1) is 17.4. The molecule has 0 spiro atoms. The van der Waals surface area contributed by atoms with Crippen LogP contribution in [0.15, 0.2) is 84.0 Å². The Balaban J connectivity index is 1.57. The highest BCUT2D eigenvalue weighted by Crippen LogP contribution is 2.27. The minimum absolute atomic E-state index is 0.0314. The van der Waals surface area contributed by atoms with Crippen LogP contribution < -0.4 is 10.7 Å². The highest BCUT2D eigenvalue weighted by Gasteiger charge is 2.20. The Morgan fingerprint density at radius 3 is 2.44 bits per heavy atom. The third kappa shape index (κ3) is 4.85. The van der Waals surface area contributed by atoms with Crippen LogP contribution in [-0.4, -0.2) is 28.1 Å². The number of nitro benzene ring substituents is 1. The average Bonchev–Trinajstić information content (AvgIpc) is 2.89. The number of anilines is 1. The third-order valence-electron chi connectivity index (χ3n) is 5.30. The van der Waals surface area contributed by atoms with Gasteiger partial charge < -0.3 is 10.4 Å². The van der Waals surface area contributed by atoms with Crippen molar-refractivity contribution in [3.63, 3.8) is 0 Å². The van der Waals surface area contributed by atoms with E-state index in [-0.39, 0.29) is 28.1 Å². The summed E-state index contributed by atoms with van der Waals surface area (Å²) in [6.45, 7) is 0. The van der Waals surface area contributed by atoms with E-state index in [0.29, 0.717) is 22.0 Å². The zero-order chi connectivity index (χ0) is 25.7. The van der Waals surface area contributed by atoms with Crippen molar-refractivity contribution in [2.24, 2.45) is 5.10 Å². The maximum atomic E-state index is 12.8. The normalized spacial score (nSPS) is 10.6. The van der Waals surface area contributed by atoms with Gasteiger partial charge in [-0.05, 0) is 35.7 Å². The van der Waals surface area contributed by atoms with Crippen LogP contribution in [-0.2, 0) is 0 Å². The number of hydrazone groups is 1. The second kappa shape index (κ2) is 10.1. The number of hydrogen-bond acceptors (Lipinski definition) is 7. The lowest BCUT2D eigenvalue weighted by atomic mass is 10.0. The van der Waals surface area contributed by atoms with Gasteiger partial charge in [-0.2, -0.15) is 10.4 Å². The van der Waals surface area contributed by atoms with Gasteiger partial charge in [-0.3, -0.25) is 19.7 Å². The van der Waals surface area contributed by atoms with E-state index in [9.17, 15) is 24.8 Å². The second-order valence-corrected chi connectivity index (χ2v) is 7.52. The van der Waals surface area contributed by atoms with Gasteiger partial charge in [0.1, 0.15) is 17.4 Å². The van der Waals surface area contributed by atoms with Crippen molar-refractivity contribution in [3.05, 3.63) is 111 Å². The first-order valence-corrected chi connectivity index (χ1v) is 10.5. The summed E-state index contributed by atoms with van der Waals surface area (Å²) in [5.74, 6) is -1.41. The molecule has 0 unspecified atom stereocenters. The van der Waals surface area contributed by atoms with Crippen LogP contribution in [0.25, 0.3) is 10.8 Å². The summed E-state index contributed by atoms with van der Waals surface area (Å²) in [5, 5.41) is 38.0. The number of phenolic OH excluding ortho intramolecular Hbond substituents is 1. The van der Waals surface area contributed by atoms with Crippen molar-refractivity contribution in [2.75, 3.05) is 5.32 Å². The number of benzene rings is 4. The number of aromatic hydroxyl groups is 1. The molecule has 4 aromatic rings. The first-order valence-electron chi connectivity index (χ1n) is 10.5. The van der Waals surface area contributed by atoms with E-state index in [0.717, 1.165) is 0 Å². The zero-order valence-corrected chi connectivity index (χ0v) is 18.5. The molecule has 0 aliphatic heterocycles. The lowest BCUT2D eigenvalue weighted by Gasteiger charge is -2.11. The number of nitrogens with one attached hydrogen (secondary N) is 2. The molecule has 0 saturated heterocycles. The Morgan fingerprint density at radius 2 is 1.69 bits per heavy atom. The van der Waals surface area contributed by atoms with Gasteiger partial charge in [0.25, 0.3) is 17.5 Å². The lowest BCUT2D eigenvalue weighted by Crippen LogP contribution is -2.17. The number of carbonyl (C=O) groups excluding carboxylic acids is 2. The van der Waals surface area contributed by atoms with E-state index in [1.807, 2.05) is 0 Å². The van der Waals surface area contributed by atoms with E-state index in [4.69, 9.17) is 5.26 Å². The number of para-hydroxylation sites is 1. The minimum atomic E-state index is -0.619. The molecule has 2 amide bonds. The smallest absolute Gasteiger partial charge is 0.282 e. The molecule has 0 aromatic heterocycles. The van der Waals surface area contributed by atoms with Crippen LogP contribution in [0.2, 0.25) is 0 Å². The van der Waals surface area contributed by atoms with Gasteiger partial charge in [-0.15, -0.1) is 0 Å². The number of nitro groups is 1. The standard InChI is InChI=1S/C26H17N5O5/c27-14-18-13-16(10-12-24(18)32)25(33)30-28-15-17-9-11-22(20-6-2-1-5-19(17)20)29-26(34)21-7-3-4-8-23(21)31(35)36/h1-13,15,32H,(H,29,34)(H,30,33)/b28-15+. The van der Waals surface area contributed by atoms with Crippen molar-refractivity contribution in [2.45, 2.75) is 0 Å². The Kier molecular flexibility index (Phi) is 6.65. The maximum Gasteiger partial charge on any atom is 0.282 e. The third-order valence-corrected chi connectivity index (χ3v) is 5.30. The van der Waals surface area contributed by atoms with Gasteiger partial charge in [-0.1, -0.05) is 42.5 Å². The quantitative estimate of drug-likeness (QED) is 0.212. The van der Waals surface area contributed by atoms with Gasteiger partial charge in [0.15, 0.2) is 0 Å². The fraction of sp³-hybridized carbons (Fsp3) is 0. The molecule has 0 atom stereocenters. The largest absolute Gasteiger partial charge is 0.507 e. The number of fused-ring (bicyclic) bond motifs is 1. The van der Waals surface area contributed by atoms with Crippen molar-refractivity contribution >= 4 is 40.2 Å². The maximum absolute atomic E-state index is 12.8. The van der Waals surface area contributed by atoms with Crippen LogP contribution in [0.1, 0.15) is 31.8 Å². The van der Waals surface area contributed by atoms with E-state index in [1.165, 1.54) is 42.6 Å². The summed E-state index contributed by atoms with van der Waals surface area (Å²) in [5.41, 5.74) is 3.22. The van der Waals surface area contributed by atoms with Crippen molar-refractivity contribution in [1.82, 2.24) is 5.43 Å². The molecular weight excluding hydrogens is 462 g/mol. The molecule has 0 aliphatic rings. The molecule has 0 radical (unpaired) electrons. The van der Waals surface area contributed by atoms with Crippen LogP contribution in [0, 0.1) is 21.4 Å². The topological polar surface area (TPSA) is 158 Å². The number of hydrogen-bond donors (Lipinski definition) is 3. The van der Waals surface area contributed by atoms with Crippen LogP contribution in [0.4, 0.5) is 11.4 Å². The fourth-order valence-electron chi connectivity index (χ4n) is 3.55. The van der Waals surface area contributed by atoms with Crippen molar-refractivity contribution in [1.29, 1.82) is 5.26 Å². The summed E-state index contributed by atoms with van der Waals surface area (Å²) in [4.78, 5) is 35.8. The van der Waals surface area contributed by atoms with Gasteiger partial charge >= 0.3 is 0 Å². The summed E-state index contributed by atoms with van der Waals surface area (Å²) in [6, 6.07) is 21.8. The summed E-state index contributed by atoms with van der Waals surface area (Å²) in [6.07, 6.45) is 1.43. The highest BCUT2D eigenvalue weighted by molar-refractivity contribution is 6.13. The number of rotatable bonds is 6. The molecule has 0 fully saturated rings. The van der Waals surface area contributed by atoms with Crippen molar-refractivity contribution < 1.29 is 19.6 Å². The lowest BCUT2D eigenvalue weighted by molar-refractivity contribution is -0.385. The molecule has 0 aliphatic carbocycles. The fourth-order valence-corrected chi connectivity index (χ4v) is 3.55. The Hall–Kier alpha value is -5.56. The molecule has 176 valence electrons. The van der Waals surface area contributed by atoms with E-state index < -0.39 is 16.7 Å². The number of nitriles is 1. The molecule has 4 rings (SSSR count). The highest BCUT2D eigenvalue weighted by atomic mass is 16.6. The summed E-state index contributed by atoms with van der Waals surface area (Å²) >= 11 is 0. The minimum Gasteiger partial charge on any atom is -0.507 e. The van der Waals surface area contributed by atoms with Gasteiger partial charge in [0.2, 0.25) is 0 Å². The van der Waals surface area contributed by atoms with Gasteiger partial charge in [-0.25, -0.2) is 5.43 Å². The number of carbonyl (C=O) groups is 2. The van der Waals surface area contributed by atoms with E-state index in [2.05, 4.69) is 15.8 Å². The van der Waals surface area contributed by atoms with Crippen LogP contribution in [0.3, 0.4) is 0 Å². The SMILES string of the molecule is N#Cc1cc(C(=O)N/N=C/c2ccc(NC(=O)c3ccccc3[N+](=O)[O-])c3ccccc23)ccc1O. The van der Waals surface area contributed by atoms with Crippen molar-refractivity contribution in [3.8, 4) is 11.8 Å². The van der Waals surface area contributed by atoms with Gasteiger partial charge in [0.05, 0.1) is 16.7 Å². The van der Waals surface area contributed by atoms with Gasteiger partial charge in [0, 0.05) is 28.3 Å². The molecular formula is C26H17N5O5. The molecule has 3 N–H and O–H groups in total. The molecule has 0 saturated carbocycles. The number of amides is 2. The molecule has 0 heterocycles. The predicted octanol–water partition coefficient (Wildman–Crippen LogP) is 4.34. The predicted molar refractivity (Wildman–Crippen MR) is 133 cm³/mol. The Morgan fingerprint density at radius 1 is 0.972 bits per heavy atom. The summed E-state index contributed by atoms with van der Waals surface area (Å²) in [7, 11) is 0. The van der Waals surface area contributed by atoms with E-state index >= 15 is 0 Å². The summed E-state index contributed by atoms with van der Waals surface area (Å²) < 4.78 is 0. The first kappa shape index (κ1) is 23.6. The zero-order valence-electron chi connectivity index (χ0n) is 18.5. The number of phenols is 1. The second-order valence-electron chi connectivity index (χ2n) is 7.52.